The second-order valence-corrected chi connectivity index (χ2v) is 9.65. The third kappa shape index (κ3) is 1.99. The number of rotatable bonds is 3. The minimum Gasteiger partial charge on any atom is -0.391 e. The van der Waals surface area contributed by atoms with Crippen LogP contribution >= 0.6 is 0 Å². The highest BCUT2D eigenvalue weighted by molar-refractivity contribution is 7.91. The van der Waals surface area contributed by atoms with Crippen LogP contribution in [-0.4, -0.2) is 24.9 Å². The van der Waals surface area contributed by atoms with Gasteiger partial charge < -0.3 is 5.11 Å². The number of sulfone groups is 1. The van der Waals surface area contributed by atoms with Crippen LogP contribution in [0, 0.1) is 16.7 Å². The minimum absolute atomic E-state index is 0.0260. The predicted molar refractivity (Wildman–Crippen MR) is 83.5 cm³/mol. The molecule has 2 aliphatic carbocycles. The molecule has 116 valence electrons. The fourth-order valence-corrected chi connectivity index (χ4v) is 7.12. The summed E-state index contributed by atoms with van der Waals surface area (Å²) in [4.78, 5) is 0. The molecule has 0 saturated heterocycles. The van der Waals surface area contributed by atoms with E-state index in [1.807, 2.05) is 30.3 Å². The van der Waals surface area contributed by atoms with Gasteiger partial charge in [0.2, 0.25) is 0 Å². The average Bonchev–Trinajstić information content (AvgIpc) is 2.71. The lowest BCUT2D eigenvalue weighted by atomic mass is 9.70. The van der Waals surface area contributed by atoms with Crippen molar-refractivity contribution in [3.63, 3.8) is 0 Å². The molecule has 0 aliphatic heterocycles. The lowest BCUT2D eigenvalue weighted by Gasteiger charge is -2.37. The van der Waals surface area contributed by atoms with E-state index < -0.39 is 21.2 Å². The van der Waals surface area contributed by atoms with Gasteiger partial charge >= 0.3 is 0 Å². The smallest absolute Gasteiger partial charge is 0.160 e. The Morgan fingerprint density at radius 1 is 1.19 bits per heavy atom. The zero-order valence-electron chi connectivity index (χ0n) is 12.9. The maximum Gasteiger partial charge on any atom is 0.160 e. The molecule has 0 radical (unpaired) electrons. The monoisotopic (exact) mass is 308 g/mol. The molecule has 2 fully saturated rings. The van der Waals surface area contributed by atoms with Crippen molar-refractivity contribution in [1.29, 1.82) is 0 Å². The van der Waals surface area contributed by atoms with Gasteiger partial charge in [-0.15, -0.1) is 0 Å². The summed E-state index contributed by atoms with van der Waals surface area (Å²) >= 11 is 0. The summed E-state index contributed by atoms with van der Waals surface area (Å²) in [5.74, 6) is 0.0873. The van der Waals surface area contributed by atoms with Gasteiger partial charge in [-0.1, -0.05) is 51.1 Å². The van der Waals surface area contributed by atoms with E-state index >= 15 is 0 Å². The van der Waals surface area contributed by atoms with Crippen LogP contribution in [0.5, 0.6) is 0 Å². The van der Waals surface area contributed by atoms with Crippen molar-refractivity contribution in [1.82, 2.24) is 0 Å². The molecule has 2 saturated carbocycles. The summed E-state index contributed by atoms with van der Waals surface area (Å²) in [6, 6.07) is 9.27. The average molecular weight is 308 g/mol. The van der Waals surface area contributed by atoms with Crippen LogP contribution in [0.2, 0.25) is 0 Å². The molecule has 3 rings (SSSR count). The van der Waals surface area contributed by atoms with Gasteiger partial charge in [0.05, 0.1) is 17.1 Å². The third-order valence-electron chi connectivity index (χ3n) is 6.36. The summed E-state index contributed by atoms with van der Waals surface area (Å²) in [7, 11) is -3.35. The summed E-state index contributed by atoms with van der Waals surface area (Å²) in [6.07, 6.45) is 1.07. The second-order valence-electron chi connectivity index (χ2n) is 7.49. The van der Waals surface area contributed by atoms with Crippen molar-refractivity contribution < 1.29 is 13.5 Å². The van der Waals surface area contributed by atoms with E-state index in [1.54, 1.807) is 0 Å². The Morgan fingerprint density at radius 3 is 2.33 bits per heavy atom. The van der Waals surface area contributed by atoms with Crippen LogP contribution in [0.4, 0.5) is 0 Å². The van der Waals surface area contributed by atoms with Gasteiger partial charge in [-0.25, -0.2) is 8.42 Å². The molecule has 0 spiro atoms. The highest BCUT2D eigenvalue weighted by Crippen LogP contribution is 2.66. The Bertz CT molecular complexity index is 635. The highest BCUT2D eigenvalue weighted by atomic mass is 32.2. The summed E-state index contributed by atoms with van der Waals surface area (Å²) in [6.45, 7) is 6.29. The van der Waals surface area contributed by atoms with Crippen molar-refractivity contribution >= 4 is 9.84 Å². The van der Waals surface area contributed by atoms with Crippen molar-refractivity contribution in [3.05, 3.63) is 35.9 Å². The normalized spacial score (nSPS) is 37.8. The van der Waals surface area contributed by atoms with E-state index in [0.29, 0.717) is 0 Å². The molecule has 0 heterocycles. The van der Waals surface area contributed by atoms with Gasteiger partial charge in [-0.3, -0.25) is 0 Å². The summed E-state index contributed by atoms with van der Waals surface area (Å²) in [5, 5.41) is 10.1. The maximum absolute atomic E-state index is 12.9. The van der Waals surface area contributed by atoms with Gasteiger partial charge in [0.15, 0.2) is 9.84 Å². The van der Waals surface area contributed by atoms with Gasteiger partial charge in [-0.2, -0.15) is 0 Å². The number of aliphatic hydroxyl groups is 1. The first-order chi connectivity index (χ1) is 9.70. The molecular weight excluding hydrogens is 284 g/mol. The van der Waals surface area contributed by atoms with E-state index in [9.17, 15) is 13.5 Å². The van der Waals surface area contributed by atoms with Crippen molar-refractivity contribution in [2.75, 3.05) is 0 Å². The van der Waals surface area contributed by atoms with Crippen LogP contribution in [0.25, 0.3) is 0 Å². The predicted octanol–water partition coefficient (Wildman–Crippen LogP) is 2.79. The van der Waals surface area contributed by atoms with Gasteiger partial charge in [0.25, 0.3) is 0 Å². The molecule has 0 aromatic heterocycles. The van der Waals surface area contributed by atoms with Crippen LogP contribution in [0.15, 0.2) is 30.3 Å². The Morgan fingerprint density at radius 2 is 1.81 bits per heavy atom. The Hall–Kier alpha value is -0.870. The largest absolute Gasteiger partial charge is 0.391 e. The third-order valence-corrected chi connectivity index (χ3v) is 8.51. The number of hydrogen-bond donors (Lipinski definition) is 1. The molecule has 4 atom stereocenters. The Kier molecular flexibility index (Phi) is 3.27. The molecule has 21 heavy (non-hydrogen) atoms. The van der Waals surface area contributed by atoms with E-state index in [2.05, 4.69) is 20.8 Å². The van der Waals surface area contributed by atoms with E-state index in [1.165, 1.54) is 0 Å². The Labute approximate surface area is 127 Å². The molecule has 4 heteroatoms. The van der Waals surface area contributed by atoms with Gasteiger partial charge in [0, 0.05) is 5.41 Å². The lowest BCUT2D eigenvalue weighted by Crippen LogP contribution is -2.43. The quantitative estimate of drug-likeness (QED) is 0.934. The number of fused-ring (bicyclic) bond motifs is 2. The van der Waals surface area contributed by atoms with Crippen LogP contribution < -0.4 is 0 Å². The minimum atomic E-state index is -3.35. The van der Waals surface area contributed by atoms with Gasteiger partial charge in [-0.05, 0) is 29.7 Å². The van der Waals surface area contributed by atoms with Crippen LogP contribution in [0.1, 0.15) is 39.2 Å². The zero-order valence-corrected chi connectivity index (χ0v) is 13.7. The zero-order chi connectivity index (χ0) is 15.5. The van der Waals surface area contributed by atoms with Gasteiger partial charge in [0.1, 0.15) is 0 Å². The molecule has 0 unspecified atom stereocenters. The number of hydrogen-bond acceptors (Lipinski definition) is 3. The summed E-state index contributed by atoms with van der Waals surface area (Å²) in [5.41, 5.74) is 0.392. The molecule has 2 aliphatic rings. The highest BCUT2D eigenvalue weighted by Gasteiger charge is 2.68. The maximum atomic E-state index is 12.9. The van der Waals surface area contributed by atoms with E-state index in [-0.39, 0.29) is 22.5 Å². The first-order valence-corrected chi connectivity index (χ1v) is 9.35. The summed E-state index contributed by atoms with van der Waals surface area (Å²) < 4.78 is 25.7. The first kappa shape index (κ1) is 15.0. The number of aliphatic hydroxyl groups excluding tert-OH is 1. The Balaban J connectivity index is 1.94. The number of benzene rings is 1. The molecule has 3 nitrogen and oxygen atoms in total. The van der Waals surface area contributed by atoms with Crippen molar-refractivity contribution in [3.8, 4) is 0 Å². The van der Waals surface area contributed by atoms with Crippen LogP contribution in [0.3, 0.4) is 0 Å². The van der Waals surface area contributed by atoms with Crippen molar-refractivity contribution in [2.45, 2.75) is 50.7 Å². The second kappa shape index (κ2) is 4.56. The molecular formula is C17H24O3S. The molecule has 1 aromatic rings. The van der Waals surface area contributed by atoms with E-state index in [0.717, 1.165) is 18.4 Å². The molecule has 1 aromatic carbocycles. The first-order valence-electron chi connectivity index (χ1n) is 7.64. The molecule has 2 bridgehead atoms. The fraction of sp³-hybridized carbons (Fsp3) is 0.647. The fourth-order valence-electron chi connectivity index (χ4n) is 4.60. The van der Waals surface area contributed by atoms with Crippen molar-refractivity contribution in [2.24, 2.45) is 16.7 Å². The topological polar surface area (TPSA) is 54.4 Å². The SMILES string of the molecule is CC1(C)[C@@H]2CC[C@@]1(C)[C@H](O)[C@@H]2S(=O)(=O)Cc1ccccc1. The molecule has 0 amide bonds. The lowest BCUT2D eigenvalue weighted by molar-refractivity contribution is 0.0139. The molecule has 1 N–H and O–H groups in total. The standard InChI is InChI=1S/C17H24O3S/c1-16(2)13-9-10-17(16,3)15(18)14(13)21(19,20)11-12-7-5-4-6-8-12/h4-8,13-15,18H,9-11H2,1-3H3/t13-,14-,15-,17+/m1/s1. The van der Waals surface area contributed by atoms with E-state index in [4.69, 9.17) is 0 Å². The van der Waals surface area contributed by atoms with Crippen LogP contribution in [-0.2, 0) is 15.6 Å².